The molecule has 0 amide bonds. The number of benzene rings is 2. The van der Waals surface area contributed by atoms with Crippen molar-refractivity contribution in [2.24, 2.45) is 5.73 Å². The number of hydrogen-bond acceptors (Lipinski definition) is 2. The molecule has 0 saturated heterocycles. The highest BCUT2D eigenvalue weighted by molar-refractivity contribution is 5.36. The minimum atomic E-state index is 0.0751. The van der Waals surface area contributed by atoms with Crippen LogP contribution in [0, 0.1) is 6.92 Å². The molecule has 18 heavy (non-hydrogen) atoms. The largest absolute Gasteiger partial charge is 0.457 e. The van der Waals surface area contributed by atoms with Crippen molar-refractivity contribution < 1.29 is 4.74 Å². The maximum Gasteiger partial charge on any atom is 0.127 e. The smallest absolute Gasteiger partial charge is 0.127 e. The number of hydrogen-bond donors (Lipinski definition) is 1. The Labute approximate surface area is 108 Å². The molecule has 0 aliphatic rings. The second-order valence-electron chi connectivity index (χ2n) is 4.51. The van der Waals surface area contributed by atoms with Crippen LogP contribution in [0.3, 0.4) is 0 Å². The Balaban J connectivity index is 2.19. The quantitative estimate of drug-likeness (QED) is 0.870. The Hall–Kier alpha value is -1.80. The third-order valence-corrected chi connectivity index (χ3v) is 2.95. The Morgan fingerprint density at radius 2 is 1.72 bits per heavy atom. The van der Waals surface area contributed by atoms with Crippen LogP contribution in [-0.2, 0) is 0 Å². The summed E-state index contributed by atoms with van der Waals surface area (Å²) in [6, 6.07) is 16.1. The zero-order chi connectivity index (χ0) is 13.0. The highest BCUT2D eigenvalue weighted by Crippen LogP contribution is 2.25. The minimum Gasteiger partial charge on any atom is -0.457 e. The summed E-state index contributed by atoms with van der Waals surface area (Å²) in [7, 11) is 0. The fourth-order valence-electron chi connectivity index (χ4n) is 1.86. The molecule has 2 nitrogen and oxygen atoms in total. The molecular weight excluding hydrogens is 222 g/mol. The standard InChI is InChI=1S/C16H19NO/c1-3-16(17)13-7-5-9-15(11-13)18-14-8-4-6-12(2)10-14/h4-11,16H,3,17H2,1-2H3. The highest BCUT2D eigenvalue weighted by Gasteiger charge is 2.05. The summed E-state index contributed by atoms with van der Waals surface area (Å²) in [5.74, 6) is 1.69. The number of aryl methyl sites for hydroxylation is 1. The first-order valence-corrected chi connectivity index (χ1v) is 6.29. The van der Waals surface area contributed by atoms with Gasteiger partial charge in [-0.25, -0.2) is 0 Å². The Kier molecular flexibility index (Phi) is 4.00. The zero-order valence-electron chi connectivity index (χ0n) is 10.9. The van der Waals surface area contributed by atoms with Crippen LogP contribution in [0.25, 0.3) is 0 Å². The van der Waals surface area contributed by atoms with Crippen molar-refractivity contribution in [1.82, 2.24) is 0 Å². The third kappa shape index (κ3) is 3.11. The van der Waals surface area contributed by atoms with Crippen molar-refractivity contribution in [3.05, 3.63) is 59.7 Å². The maximum atomic E-state index is 6.03. The van der Waals surface area contributed by atoms with E-state index in [9.17, 15) is 0 Å². The number of nitrogens with two attached hydrogens (primary N) is 1. The molecule has 2 rings (SSSR count). The molecule has 2 aromatic rings. The van der Waals surface area contributed by atoms with E-state index in [1.165, 1.54) is 5.56 Å². The average molecular weight is 241 g/mol. The van der Waals surface area contributed by atoms with Crippen LogP contribution in [0.15, 0.2) is 48.5 Å². The summed E-state index contributed by atoms with van der Waals surface area (Å²) < 4.78 is 5.84. The molecule has 0 bridgehead atoms. The van der Waals surface area contributed by atoms with Gasteiger partial charge in [-0.05, 0) is 48.7 Å². The summed E-state index contributed by atoms with van der Waals surface area (Å²) in [5, 5.41) is 0. The van der Waals surface area contributed by atoms with Gasteiger partial charge in [0.25, 0.3) is 0 Å². The minimum absolute atomic E-state index is 0.0751. The highest BCUT2D eigenvalue weighted by atomic mass is 16.5. The monoisotopic (exact) mass is 241 g/mol. The summed E-state index contributed by atoms with van der Waals surface area (Å²) in [6.45, 7) is 4.13. The fraction of sp³-hybridized carbons (Fsp3) is 0.250. The molecule has 0 spiro atoms. The van der Waals surface area contributed by atoms with Crippen LogP contribution < -0.4 is 10.5 Å². The molecule has 0 aliphatic heterocycles. The Morgan fingerprint density at radius 1 is 1.06 bits per heavy atom. The van der Waals surface area contributed by atoms with Crippen LogP contribution in [0.2, 0.25) is 0 Å². The van der Waals surface area contributed by atoms with E-state index >= 15 is 0 Å². The van der Waals surface area contributed by atoms with Gasteiger partial charge < -0.3 is 10.5 Å². The van der Waals surface area contributed by atoms with E-state index in [1.54, 1.807) is 0 Å². The first-order chi connectivity index (χ1) is 8.69. The predicted octanol–water partition coefficient (Wildman–Crippen LogP) is 4.20. The maximum absolute atomic E-state index is 6.03. The first kappa shape index (κ1) is 12.7. The molecule has 94 valence electrons. The average Bonchev–Trinajstić information content (AvgIpc) is 2.38. The van der Waals surface area contributed by atoms with E-state index in [4.69, 9.17) is 10.5 Å². The van der Waals surface area contributed by atoms with Gasteiger partial charge in [0, 0.05) is 6.04 Å². The summed E-state index contributed by atoms with van der Waals surface area (Å²) in [5.41, 5.74) is 8.33. The Bertz CT molecular complexity index is 522. The van der Waals surface area contributed by atoms with Gasteiger partial charge in [-0.15, -0.1) is 0 Å². The summed E-state index contributed by atoms with van der Waals surface area (Å²) in [6.07, 6.45) is 0.925. The number of rotatable bonds is 4. The lowest BCUT2D eigenvalue weighted by Gasteiger charge is -2.12. The summed E-state index contributed by atoms with van der Waals surface area (Å²) >= 11 is 0. The van der Waals surface area contributed by atoms with Crippen LogP contribution in [-0.4, -0.2) is 0 Å². The topological polar surface area (TPSA) is 35.2 Å². The van der Waals surface area contributed by atoms with Gasteiger partial charge in [-0.3, -0.25) is 0 Å². The fourth-order valence-corrected chi connectivity index (χ4v) is 1.86. The molecule has 0 saturated carbocycles. The first-order valence-electron chi connectivity index (χ1n) is 6.29. The lowest BCUT2D eigenvalue weighted by atomic mass is 10.1. The van der Waals surface area contributed by atoms with E-state index < -0.39 is 0 Å². The van der Waals surface area contributed by atoms with Gasteiger partial charge in [0.15, 0.2) is 0 Å². The van der Waals surface area contributed by atoms with Gasteiger partial charge in [-0.2, -0.15) is 0 Å². The SMILES string of the molecule is CCC(N)c1cccc(Oc2cccc(C)c2)c1. The van der Waals surface area contributed by atoms with Gasteiger partial charge in [0.1, 0.15) is 11.5 Å². The van der Waals surface area contributed by atoms with Gasteiger partial charge in [0.05, 0.1) is 0 Å². The van der Waals surface area contributed by atoms with E-state index in [1.807, 2.05) is 42.5 Å². The van der Waals surface area contributed by atoms with E-state index in [0.717, 1.165) is 23.5 Å². The van der Waals surface area contributed by atoms with Crippen LogP contribution in [0.5, 0.6) is 11.5 Å². The lowest BCUT2D eigenvalue weighted by Crippen LogP contribution is -2.08. The van der Waals surface area contributed by atoms with Crippen LogP contribution in [0.4, 0.5) is 0 Å². The van der Waals surface area contributed by atoms with E-state index in [2.05, 4.69) is 19.9 Å². The van der Waals surface area contributed by atoms with E-state index in [-0.39, 0.29) is 6.04 Å². The molecule has 0 fully saturated rings. The normalized spacial score (nSPS) is 12.2. The summed E-state index contributed by atoms with van der Waals surface area (Å²) in [4.78, 5) is 0. The van der Waals surface area contributed by atoms with Gasteiger partial charge in [-0.1, -0.05) is 31.2 Å². The molecule has 2 aromatic carbocycles. The van der Waals surface area contributed by atoms with Gasteiger partial charge >= 0.3 is 0 Å². The van der Waals surface area contributed by atoms with Gasteiger partial charge in [0.2, 0.25) is 0 Å². The molecule has 0 aliphatic carbocycles. The molecule has 1 unspecified atom stereocenters. The third-order valence-electron chi connectivity index (χ3n) is 2.95. The van der Waals surface area contributed by atoms with Crippen molar-refractivity contribution in [2.75, 3.05) is 0 Å². The predicted molar refractivity (Wildman–Crippen MR) is 74.9 cm³/mol. The van der Waals surface area contributed by atoms with Crippen LogP contribution >= 0.6 is 0 Å². The molecule has 0 heterocycles. The second kappa shape index (κ2) is 5.69. The molecule has 0 aromatic heterocycles. The van der Waals surface area contributed by atoms with E-state index in [0.29, 0.717) is 0 Å². The van der Waals surface area contributed by atoms with Crippen molar-refractivity contribution in [1.29, 1.82) is 0 Å². The van der Waals surface area contributed by atoms with Crippen molar-refractivity contribution >= 4 is 0 Å². The van der Waals surface area contributed by atoms with Crippen molar-refractivity contribution in [3.8, 4) is 11.5 Å². The molecule has 0 radical (unpaired) electrons. The second-order valence-corrected chi connectivity index (χ2v) is 4.51. The molecule has 2 heteroatoms. The molecular formula is C16H19NO. The lowest BCUT2D eigenvalue weighted by molar-refractivity contribution is 0.480. The molecule has 2 N–H and O–H groups in total. The Morgan fingerprint density at radius 3 is 2.39 bits per heavy atom. The number of ether oxygens (including phenoxy) is 1. The zero-order valence-corrected chi connectivity index (χ0v) is 10.9. The van der Waals surface area contributed by atoms with Crippen LogP contribution in [0.1, 0.15) is 30.5 Å². The van der Waals surface area contributed by atoms with Crippen molar-refractivity contribution in [3.63, 3.8) is 0 Å². The molecule has 1 atom stereocenters. The van der Waals surface area contributed by atoms with Crippen molar-refractivity contribution in [2.45, 2.75) is 26.3 Å².